The van der Waals surface area contributed by atoms with Gasteiger partial charge < -0.3 is 38.6 Å². The topological polar surface area (TPSA) is 351 Å². The zero-order chi connectivity index (χ0) is 69.4. The lowest BCUT2D eigenvalue weighted by molar-refractivity contribution is -0.180. The molecule has 2 aliphatic heterocycles. The number of amides is 1. The number of carbonyl (C=O) groups excluding carboxylic acids is 7. The number of nitrogens with two attached hydrogens (primary N) is 1. The second-order valence-corrected chi connectivity index (χ2v) is 30.9. The van der Waals surface area contributed by atoms with Crippen molar-refractivity contribution < 1.29 is 86.6 Å². The predicted octanol–water partition coefficient (Wildman–Crippen LogP) is 10.2. The molecule has 0 aromatic carbocycles. The average molecular weight is 1420 g/mol. The van der Waals surface area contributed by atoms with Crippen molar-refractivity contribution in [3.05, 3.63) is 56.4 Å². The third-order valence-corrected chi connectivity index (χ3v) is 15.9. The molecule has 0 spiro atoms. The number of ketones is 2. The molecule has 4 radical (unpaired) electrons. The van der Waals surface area contributed by atoms with Crippen LogP contribution in [0.15, 0.2) is 21.6 Å². The lowest BCUT2D eigenvalue weighted by atomic mass is 9.89. The highest BCUT2D eigenvalue weighted by Crippen LogP contribution is 2.47. The highest BCUT2D eigenvalue weighted by molar-refractivity contribution is 8.00. The minimum Gasteiger partial charge on any atom is -0.476 e. The molecule has 5 heterocycles. The molecule has 490 valence electrons. The monoisotopic (exact) mass is 1420 g/mol. The number of Topliss-reactive ketones (excluding diaryl/α,β-unsaturated/α-hetero) is 2. The summed E-state index contributed by atoms with van der Waals surface area (Å²) >= 11 is 28.6. The van der Waals surface area contributed by atoms with Crippen molar-refractivity contribution in [1.82, 2.24) is 19.9 Å². The van der Waals surface area contributed by atoms with Crippen LogP contribution in [-0.2, 0) is 71.6 Å². The van der Waals surface area contributed by atoms with Gasteiger partial charge in [0.25, 0.3) is 5.78 Å². The van der Waals surface area contributed by atoms with E-state index in [0.29, 0.717) is 26.3 Å². The minimum absolute atomic E-state index is 0.00153. The molecule has 0 bridgehead atoms. The maximum absolute atomic E-state index is 13.6. The maximum Gasteiger partial charge on any atom is 0.379 e. The van der Waals surface area contributed by atoms with E-state index >= 15 is 0 Å². The Kier molecular flexibility index (Phi) is 31.6. The summed E-state index contributed by atoms with van der Waals surface area (Å²) < 4.78 is 21.4. The maximum atomic E-state index is 13.6. The molecule has 3 aromatic heterocycles. The fraction of sp³-hybridized carbons (Fsp3) is 0.585. The first-order chi connectivity index (χ1) is 40.5. The number of thiazole rings is 3. The van der Waals surface area contributed by atoms with Gasteiger partial charge in [0.05, 0.1) is 34.2 Å². The van der Waals surface area contributed by atoms with Gasteiger partial charge in [0, 0.05) is 26.1 Å². The second kappa shape index (κ2) is 34.2. The Morgan fingerprint density at radius 1 is 0.652 bits per heavy atom. The van der Waals surface area contributed by atoms with Crippen LogP contribution in [-0.4, -0.2) is 167 Å². The standard InChI is InChI=1S/C24H29BCl2N3O7PS2.C14H19ClN2O5S.C8H17NO3.C6H4ClNO3S.CH3B/c1-11-28-16(18(27)40-11)15(29-37-24(5,6)22(34)35-23(2,3)4)14(31)8-13-19(32)30-17(21(33)36-38(7)25)12(9-26)10-39-20(13)30;1-7-16-8(10(15)23-7)9(11(18)19)17-22-14(5,6)12(20)21-13(2,3)4;1-7(2,3)11-6(10)8(4,5)12-9;1-2-8-3(5(7)12-2)4(9)6(10)11;1-2/h13,20H,8-10H2,1-7H3;1-6H3,(H,18,19);9H2,1-5H3;1H3,(H,10,11);1H3/b29-15+;17-9-;;;/t13-,20?,38?;;;;/m1..../s1. The molecule has 2 aliphatic rings. The molecular formula is C53H72B2Cl4N7O18PS4. The van der Waals surface area contributed by atoms with Crippen LogP contribution in [0.2, 0.25) is 19.8 Å². The first-order valence-electron chi connectivity index (χ1n) is 26.1. The number of thioether (sulfide) groups is 1. The zero-order valence-corrected chi connectivity index (χ0v) is 59.9. The number of alkyl halides is 1. The van der Waals surface area contributed by atoms with Crippen LogP contribution in [0.25, 0.3) is 0 Å². The lowest BCUT2D eigenvalue weighted by Gasteiger charge is -2.49. The number of carboxylic acid groups (broad SMARTS) is 2. The van der Waals surface area contributed by atoms with E-state index in [2.05, 4.69) is 37.9 Å². The number of esters is 3. The molecule has 36 heteroatoms. The molecule has 3 aromatic rings. The summed E-state index contributed by atoms with van der Waals surface area (Å²) in [7, 11) is 8.66. The number of rotatable bonds is 19. The van der Waals surface area contributed by atoms with E-state index in [-0.39, 0.29) is 53.8 Å². The van der Waals surface area contributed by atoms with Gasteiger partial charge in [-0.3, -0.25) is 24.1 Å². The normalized spacial score (nSPS) is 15.7. The van der Waals surface area contributed by atoms with Crippen molar-refractivity contribution in [3.8, 4) is 0 Å². The number of carbonyl (C=O) groups is 9. The second-order valence-electron chi connectivity index (χ2n) is 22.9. The number of aliphatic carboxylic acids is 2. The quantitative estimate of drug-likeness (QED) is 0.00959. The van der Waals surface area contributed by atoms with Crippen LogP contribution in [0.5, 0.6) is 0 Å². The van der Waals surface area contributed by atoms with Crippen LogP contribution in [0.1, 0.15) is 147 Å². The number of fused-ring (bicyclic) bond motifs is 1. The predicted molar refractivity (Wildman–Crippen MR) is 346 cm³/mol. The van der Waals surface area contributed by atoms with Gasteiger partial charge in [-0.15, -0.1) is 57.4 Å². The summed E-state index contributed by atoms with van der Waals surface area (Å²) in [5.74, 6) is -2.94. The number of nitrogens with zero attached hydrogens (tertiary/aromatic N) is 6. The van der Waals surface area contributed by atoms with Gasteiger partial charge in [-0.25, -0.2) is 49.6 Å². The van der Waals surface area contributed by atoms with Crippen molar-refractivity contribution in [2.75, 3.05) is 18.3 Å². The fourth-order valence-electron chi connectivity index (χ4n) is 6.17. The largest absolute Gasteiger partial charge is 0.476 e. The number of ether oxygens (including phenoxy) is 3. The van der Waals surface area contributed by atoms with E-state index in [1.165, 1.54) is 51.2 Å². The van der Waals surface area contributed by atoms with Gasteiger partial charge >= 0.3 is 35.8 Å². The lowest BCUT2D eigenvalue weighted by Crippen LogP contribution is -2.62. The molecule has 3 atom stereocenters. The highest BCUT2D eigenvalue weighted by atomic mass is 35.5. The summed E-state index contributed by atoms with van der Waals surface area (Å²) in [6, 6.07) is 0. The van der Waals surface area contributed by atoms with E-state index < -0.39 is 112 Å². The van der Waals surface area contributed by atoms with Gasteiger partial charge in [-0.1, -0.05) is 51.9 Å². The van der Waals surface area contributed by atoms with Gasteiger partial charge in [0.1, 0.15) is 52.6 Å². The summed E-state index contributed by atoms with van der Waals surface area (Å²) in [6.45, 7) is 32.6. The van der Waals surface area contributed by atoms with Crippen molar-refractivity contribution in [1.29, 1.82) is 0 Å². The molecule has 1 amide bonds. The molecule has 89 heavy (non-hydrogen) atoms. The number of aromatic nitrogens is 3. The smallest absolute Gasteiger partial charge is 0.379 e. The molecule has 1 fully saturated rings. The van der Waals surface area contributed by atoms with E-state index in [4.69, 9.17) is 93.4 Å². The average Bonchev–Trinajstić information content (AvgIpc) is 1.45. The van der Waals surface area contributed by atoms with E-state index in [1.807, 2.05) is 0 Å². The number of aryl methyl sites for hydroxylation is 3. The van der Waals surface area contributed by atoms with Crippen LogP contribution >= 0.6 is 100 Å². The van der Waals surface area contributed by atoms with Crippen molar-refractivity contribution in [3.63, 3.8) is 0 Å². The Labute approximate surface area is 556 Å². The third-order valence-electron chi connectivity index (χ3n) is 10.2. The van der Waals surface area contributed by atoms with Gasteiger partial charge in [0.15, 0.2) is 24.7 Å². The molecule has 0 saturated carbocycles. The van der Waals surface area contributed by atoms with Gasteiger partial charge in [-0.05, 0) is 137 Å². The van der Waals surface area contributed by atoms with Crippen molar-refractivity contribution in [2.45, 2.75) is 177 Å². The Balaban J connectivity index is 0.000000675. The van der Waals surface area contributed by atoms with Crippen molar-refractivity contribution >= 4 is 180 Å². The number of hydrogen-bond donors (Lipinski definition) is 3. The molecule has 5 rings (SSSR count). The number of β-lactam (4-membered cyclic amide) rings is 1. The van der Waals surface area contributed by atoms with Crippen LogP contribution in [0.3, 0.4) is 0 Å². The molecular weight excluding hydrogens is 1350 g/mol. The summed E-state index contributed by atoms with van der Waals surface area (Å²) in [4.78, 5) is 136. The Morgan fingerprint density at radius 2 is 1.02 bits per heavy atom. The van der Waals surface area contributed by atoms with Crippen molar-refractivity contribution in [2.24, 2.45) is 22.1 Å². The van der Waals surface area contributed by atoms with Gasteiger partial charge in [0.2, 0.25) is 22.8 Å². The van der Waals surface area contributed by atoms with E-state index in [1.54, 1.807) is 104 Å². The molecule has 2 unspecified atom stereocenters. The molecule has 25 nitrogen and oxygen atoms in total. The number of hydrogen-bond acceptors (Lipinski definition) is 26. The molecule has 0 aliphatic carbocycles. The SMILES string of the molecule is CC(C)(C)OC(=O)C(C)(C)ON.Cc1nc(/C(=N/OC(C)(C)C(=O)OC(C)(C)C)C(=O)O)c(Cl)s1.Cc1nc(C(=O)C(=O)O)c(Cl)s1.[B]C.[B]P(C)OC(=O)C1=C(CCl)CSC2[C@H](CC(=O)/C(=N\OC(C)(C)C(=O)OC(C)(C)C)c3nc(C)sc3Cl)C(=O)N12. The van der Waals surface area contributed by atoms with Crippen LogP contribution in [0, 0.1) is 26.7 Å². The first kappa shape index (κ1) is 82.2. The van der Waals surface area contributed by atoms with E-state index in [9.17, 15) is 48.3 Å². The zero-order valence-electron chi connectivity index (χ0n) is 52.7. The first-order valence-corrected chi connectivity index (χ1v) is 33.0. The number of halogens is 4. The summed E-state index contributed by atoms with van der Waals surface area (Å²) in [5.41, 5.74) is -6.23. The molecule has 1 saturated heterocycles. The third kappa shape index (κ3) is 25.7. The Morgan fingerprint density at radius 3 is 1.35 bits per heavy atom. The van der Waals surface area contributed by atoms with Crippen LogP contribution in [0.4, 0.5) is 0 Å². The van der Waals surface area contributed by atoms with Crippen LogP contribution < -0.4 is 5.90 Å². The number of carboxylic acids is 2. The number of oxime groups is 2. The molecule has 4 N–H and O–H groups in total. The minimum atomic E-state index is -1.54. The highest BCUT2D eigenvalue weighted by Gasteiger charge is 2.54. The fourth-order valence-corrected chi connectivity index (χ4v) is 11.6. The Hall–Kier alpha value is -4.81. The summed E-state index contributed by atoms with van der Waals surface area (Å²) in [6.07, 6.45) is -0.259. The van der Waals surface area contributed by atoms with E-state index in [0.717, 1.165) is 34.0 Å². The van der Waals surface area contributed by atoms with Gasteiger partial charge in [-0.2, -0.15) is 0 Å². The summed E-state index contributed by atoms with van der Waals surface area (Å²) in [5, 5.41) is 26.4. The Bertz CT molecular complexity index is 3190.